The summed E-state index contributed by atoms with van der Waals surface area (Å²) in [6, 6.07) is 2.68. The normalized spacial score (nSPS) is 14.3. The van der Waals surface area contributed by atoms with E-state index in [1.165, 1.54) is 19.1 Å². The Morgan fingerprint density at radius 1 is 1.56 bits per heavy atom. The second-order valence-electron chi connectivity index (χ2n) is 3.14. The highest BCUT2D eigenvalue weighted by atomic mass is 32.2. The van der Waals surface area contributed by atoms with Gasteiger partial charge < -0.3 is 15.3 Å². The van der Waals surface area contributed by atoms with Crippen molar-refractivity contribution in [1.29, 1.82) is 0 Å². The number of carbonyl (C=O) groups is 2. The number of hydrogen-bond acceptors (Lipinski definition) is 4. The molecule has 0 spiro atoms. The lowest BCUT2D eigenvalue weighted by atomic mass is 10.4. The average Bonchev–Trinajstić information content (AvgIpc) is 2.64. The molecule has 0 aliphatic carbocycles. The molecule has 0 fully saturated rings. The number of carbonyl (C=O) groups excluding carboxylic acids is 1. The molecule has 1 amide bonds. The number of hydrogen-bond donors (Lipinski definition) is 2. The van der Waals surface area contributed by atoms with Crippen LogP contribution >= 0.6 is 0 Å². The topological polar surface area (TPSA) is 111 Å². The predicted molar refractivity (Wildman–Crippen MR) is 56.2 cm³/mol. The highest BCUT2D eigenvalue weighted by molar-refractivity contribution is 7.85. The minimum atomic E-state index is -1.51. The summed E-state index contributed by atoms with van der Waals surface area (Å²) in [5.74, 6) is -1.86. The first kappa shape index (κ1) is 12.4. The zero-order valence-corrected chi connectivity index (χ0v) is 9.32. The molecule has 1 aromatic heterocycles. The zero-order chi connectivity index (χ0) is 12.3. The fourth-order valence-electron chi connectivity index (χ4n) is 0.965. The smallest absolute Gasteiger partial charge is 0.371 e. The maximum Gasteiger partial charge on any atom is 0.371 e. The largest absolute Gasteiger partial charge is 0.475 e. The molecule has 0 radical (unpaired) electrons. The van der Waals surface area contributed by atoms with E-state index >= 15 is 0 Å². The predicted octanol–water partition coefficient (Wildman–Crippen LogP) is 0.100. The van der Waals surface area contributed by atoms with E-state index in [1.807, 2.05) is 0 Å². The van der Waals surface area contributed by atoms with Gasteiger partial charge in [0, 0.05) is 10.8 Å². The molecule has 0 saturated heterocycles. The van der Waals surface area contributed by atoms with E-state index in [9.17, 15) is 13.8 Å². The molecule has 7 heteroatoms. The van der Waals surface area contributed by atoms with E-state index in [0.717, 1.165) is 0 Å². The Bertz CT molecular complexity index is 439. The van der Waals surface area contributed by atoms with E-state index in [-0.39, 0.29) is 17.3 Å². The van der Waals surface area contributed by atoms with E-state index < -0.39 is 27.9 Å². The van der Waals surface area contributed by atoms with E-state index in [4.69, 9.17) is 15.3 Å². The van der Waals surface area contributed by atoms with E-state index in [1.54, 1.807) is 0 Å². The van der Waals surface area contributed by atoms with Crippen LogP contribution in [0.3, 0.4) is 0 Å². The molecule has 16 heavy (non-hydrogen) atoms. The lowest BCUT2D eigenvalue weighted by molar-refractivity contribution is -0.117. The number of carboxylic acids is 1. The van der Waals surface area contributed by atoms with Crippen molar-refractivity contribution >= 4 is 22.7 Å². The number of carboxylic acid groups (broad SMARTS) is 1. The van der Waals surface area contributed by atoms with Gasteiger partial charge in [0.1, 0.15) is 11.0 Å². The van der Waals surface area contributed by atoms with Crippen LogP contribution in [0.15, 0.2) is 16.5 Å². The number of aromatic carboxylic acids is 1. The molecule has 1 aromatic rings. The van der Waals surface area contributed by atoms with Gasteiger partial charge in [0.05, 0.1) is 5.75 Å². The lowest BCUT2D eigenvalue weighted by Crippen LogP contribution is -2.30. The Morgan fingerprint density at radius 2 is 2.19 bits per heavy atom. The Hall–Kier alpha value is -1.63. The summed E-state index contributed by atoms with van der Waals surface area (Å²) in [4.78, 5) is 21.2. The monoisotopic (exact) mass is 245 g/mol. The Morgan fingerprint density at radius 3 is 2.62 bits per heavy atom. The van der Waals surface area contributed by atoms with E-state index in [0.29, 0.717) is 0 Å². The van der Waals surface area contributed by atoms with Crippen LogP contribution in [0, 0.1) is 0 Å². The quantitative estimate of drug-likeness (QED) is 0.764. The van der Waals surface area contributed by atoms with Crippen molar-refractivity contribution in [3.63, 3.8) is 0 Å². The van der Waals surface area contributed by atoms with E-state index in [2.05, 4.69) is 0 Å². The van der Waals surface area contributed by atoms with Crippen molar-refractivity contribution < 1.29 is 23.3 Å². The summed E-state index contributed by atoms with van der Waals surface area (Å²) in [5.41, 5.74) is 4.99. The number of primary amides is 1. The highest BCUT2D eigenvalue weighted by Gasteiger charge is 2.19. The van der Waals surface area contributed by atoms with Gasteiger partial charge in [-0.15, -0.1) is 0 Å². The molecule has 0 aliphatic heterocycles. The van der Waals surface area contributed by atoms with Gasteiger partial charge in [-0.2, -0.15) is 0 Å². The molecule has 1 rings (SSSR count). The van der Waals surface area contributed by atoms with Crippen LogP contribution in [-0.2, 0) is 21.3 Å². The van der Waals surface area contributed by atoms with Crippen LogP contribution in [0.2, 0.25) is 0 Å². The fourth-order valence-corrected chi connectivity index (χ4v) is 1.91. The van der Waals surface area contributed by atoms with Gasteiger partial charge in [-0.05, 0) is 19.1 Å². The van der Waals surface area contributed by atoms with Gasteiger partial charge in [-0.1, -0.05) is 0 Å². The van der Waals surface area contributed by atoms with Crippen molar-refractivity contribution in [2.24, 2.45) is 5.73 Å². The molecule has 0 aromatic carbocycles. The Labute approximate surface area is 93.9 Å². The summed E-state index contributed by atoms with van der Waals surface area (Å²) in [7, 11) is -1.51. The third-order valence-electron chi connectivity index (χ3n) is 1.95. The second kappa shape index (κ2) is 4.93. The molecular weight excluding hydrogens is 234 g/mol. The number of rotatable bonds is 5. The molecule has 1 heterocycles. The molecule has 2 atom stereocenters. The third-order valence-corrected chi connectivity index (χ3v) is 3.54. The molecule has 88 valence electrons. The number of amides is 1. The Balaban J connectivity index is 2.70. The SMILES string of the molecule is CC(C(N)=O)S(=O)Cc1ccc(C(=O)O)o1. The Kier molecular flexibility index (Phi) is 3.83. The van der Waals surface area contributed by atoms with Gasteiger partial charge in [0.2, 0.25) is 11.7 Å². The van der Waals surface area contributed by atoms with Gasteiger partial charge in [0.15, 0.2) is 0 Å². The number of furan rings is 1. The average molecular weight is 245 g/mol. The fraction of sp³-hybridized carbons (Fsp3) is 0.333. The first-order valence-corrected chi connectivity index (χ1v) is 5.78. The summed E-state index contributed by atoms with van der Waals surface area (Å²) < 4.78 is 16.4. The maximum absolute atomic E-state index is 11.5. The van der Waals surface area contributed by atoms with Crippen molar-refractivity contribution in [2.45, 2.75) is 17.9 Å². The first-order valence-electron chi connectivity index (χ1n) is 4.40. The molecule has 3 N–H and O–H groups in total. The van der Waals surface area contributed by atoms with Crippen LogP contribution in [0.5, 0.6) is 0 Å². The minimum Gasteiger partial charge on any atom is -0.475 e. The molecule has 0 aliphatic rings. The van der Waals surface area contributed by atoms with Crippen LogP contribution < -0.4 is 5.73 Å². The van der Waals surface area contributed by atoms with Crippen LogP contribution in [0.25, 0.3) is 0 Å². The summed E-state index contributed by atoms with van der Waals surface area (Å²) in [5, 5.41) is 7.79. The van der Waals surface area contributed by atoms with Gasteiger partial charge in [-0.3, -0.25) is 9.00 Å². The van der Waals surface area contributed by atoms with Crippen molar-refractivity contribution in [3.8, 4) is 0 Å². The molecule has 0 saturated carbocycles. The minimum absolute atomic E-state index is 0.0304. The van der Waals surface area contributed by atoms with Gasteiger partial charge in [-0.25, -0.2) is 4.79 Å². The second-order valence-corrected chi connectivity index (χ2v) is 4.90. The first-order chi connectivity index (χ1) is 7.41. The lowest BCUT2D eigenvalue weighted by Gasteiger charge is -2.04. The van der Waals surface area contributed by atoms with Crippen LogP contribution in [-0.4, -0.2) is 26.4 Å². The molecule has 6 nitrogen and oxygen atoms in total. The van der Waals surface area contributed by atoms with Gasteiger partial charge in [0.25, 0.3) is 0 Å². The van der Waals surface area contributed by atoms with Crippen LogP contribution in [0.1, 0.15) is 23.2 Å². The van der Waals surface area contributed by atoms with Crippen molar-refractivity contribution in [1.82, 2.24) is 0 Å². The van der Waals surface area contributed by atoms with Gasteiger partial charge >= 0.3 is 5.97 Å². The van der Waals surface area contributed by atoms with Crippen molar-refractivity contribution in [2.75, 3.05) is 0 Å². The molecular formula is C9H11NO5S. The summed E-state index contributed by atoms with van der Waals surface area (Å²) in [6.07, 6.45) is 0. The summed E-state index contributed by atoms with van der Waals surface area (Å²) >= 11 is 0. The zero-order valence-electron chi connectivity index (χ0n) is 8.50. The van der Waals surface area contributed by atoms with Crippen molar-refractivity contribution in [3.05, 3.63) is 23.7 Å². The third kappa shape index (κ3) is 2.93. The van der Waals surface area contributed by atoms with Crippen LogP contribution in [0.4, 0.5) is 0 Å². The molecule has 0 bridgehead atoms. The standard InChI is InChI=1S/C9H11NO5S/c1-5(8(10)11)16(14)4-6-2-3-7(15-6)9(12)13/h2-3,5H,4H2,1H3,(H2,10,11)(H,12,13). The highest BCUT2D eigenvalue weighted by Crippen LogP contribution is 2.12. The number of nitrogens with two attached hydrogens (primary N) is 1. The summed E-state index contributed by atoms with van der Waals surface area (Å²) in [6.45, 7) is 1.44. The molecule has 2 unspecified atom stereocenters. The maximum atomic E-state index is 11.5.